The number of hydrogen-bond donors (Lipinski definition) is 3. The number of nitro benzene ring substituents is 1. The Bertz CT molecular complexity index is 1060. The fraction of sp³-hybridized carbons (Fsp3) is 0.391. The molecule has 2 aromatic rings. The van der Waals surface area contributed by atoms with Crippen LogP contribution in [0.15, 0.2) is 36.5 Å². The molecule has 0 spiro atoms. The molecular formula is C23H28ClN5O6. The first-order valence-electron chi connectivity index (χ1n) is 10.9. The Balaban J connectivity index is 1.81. The number of nitrogens with zero attached hydrogens (tertiary/aromatic N) is 2. The third-order valence-electron chi connectivity index (χ3n) is 5.00. The number of methoxy groups -OCH3 is 1. The van der Waals surface area contributed by atoms with Gasteiger partial charge in [-0.25, -0.2) is 4.98 Å². The molecule has 0 saturated carbocycles. The summed E-state index contributed by atoms with van der Waals surface area (Å²) in [5, 5.41) is 19.4. The Hall–Kier alpha value is -3.73. The number of anilines is 1. The fourth-order valence-electron chi connectivity index (χ4n) is 3.16. The van der Waals surface area contributed by atoms with Crippen LogP contribution in [0.1, 0.15) is 42.9 Å². The van der Waals surface area contributed by atoms with Gasteiger partial charge < -0.3 is 20.7 Å². The van der Waals surface area contributed by atoms with Crippen molar-refractivity contribution in [2.75, 3.05) is 25.5 Å². The standard InChI is InChI=1S/C23H28ClN5O6/c1-15-8-10-26-20(11-15)25-9-4-3-5-21(30)27-14-22(31)28-18(13-23(32)35-2)16-6-7-17(24)19(12-16)29(33)34/h6-8,10-12,18H,3-5,9,13-14H2,1-2H3,(H,25,26)(H,27,30)(H,28,31). The molecule has 0 aliphatic rings. The largest absolute Gasteiger partial charge is 0.469 e. The van der Waals surface area contributed by atoms with Gasteiger partial charge in [0.2, 0.25) is 11.8 Å². The first kappa shape index (κ1) is 27.5. The average Bonchev–Trinajstić information content (AvgIpc) is 2.82. The summed E-state index contributed by atoms with van der Waals surface area (Å²) in [6.07, 6.45) is 3.07. The Morgan fingerprint density at radius 3 is 2.63 bits per heavy atom. The second-order valence-corrected chi connectivity index (χ2v) is 8.15. The first-order valence-corrected chi connectivity index (χ1v) is 11.3. The second kappa shape index (κ2) is 13.9. The lowest BCUT2D eigenvalue weighted by Crippen LogP contribution is -2.39. The SMILES string of the molecule is COC(=O)CC(NC(=O)CNC(=O)CCCCNc1cc(C)ccn1)c1ccc(Cl)c([N+](=O)[O-])c1. The number of nitro groups is 1. The third-order valence-corrected chi connectivity index (χ3v) is 5.32. The van der Waals surface area contributed by atoms with E-state index in [1.54, 1.807) is 6.20 Å². The molecular weight excluding hydrogens is 478 g/mol. The Kier molecular flexibility index (Phi) is 10.9. The molecule has 35 heavy (non-hydrogen) atoms. The number of ether oxygens (including phenoxy) is 1. The molecule has 0 bridgehead atoms. The zero-order chi connectivity index (χ0) is 25.8. The minimum absolute atomic E-state index is 0.0699. The number of pyridine rings is 1. The van der Waals surface area contributed by atoms with Gasteiger partial charge in [-0.15, -0.1) is 0 Å². The molecule has 1 aromatic heterocycles. The number of hydrogen-bond acceptors (Lipinski definition) is 8. The number of halogens is 1. The van der Waals surface area contributed by atoms with Crippen LogP contribution in [0.2, 0.25) is 5.02 Å². The maximum atomic E-state index is 12.4. The van der Waals surface area contributed by atoms with Crippen LogP contribution in [0.3, 0.4) is 0 Å². The molecule has 1 atom stereocenters. The highest BCUT2D eigenvalue weighted by Crippen LogP contribution is 2.29. The van der Waals surface area contributed by atoms with Crippen molar-refractivity contribution in [1.29, 1.82) is 0 Å². The number of benzene rings is 1. The van der Waals surface area contributed by atoms with E-state index in [2.05, 4.69) is 25.7 Å². The van der Waals surface area contributed by atoms with Crippen molar-refractivity contribution >= 4 is 40.9 Å². The number of aromatic nitrogens is 1. The van der Waals surface area contributed by atoms with E-state index in [9.17, 15) is 24.5 Å². The quantitative estimate of drug-likeness (QED) is 0.162. The minimum atomic E-state index is -0.899. The number of nitrogens with one attached hydrogen (secondary N) is 3. The smallest absolute Gasteiger partial charge is 0.307 e. The van der Waals surface area contributed by atoms with Crippen LogP contribution in [0, 0.1) is 17.0 Å². The van der Waals surface area contributed by atoms with E-state index < -0.39 is 22.8 Å². The van der Waals surface area contributed by atoms with Crippen molar-refractivity contribution in [2.45, 2.75) is 38.6 Å². The van der Waals surface area contributed by atoms with Crippen molar-refractivity contribution in [2.24, 2.45) is 0 Å². The Labute approximate surface area is 207 Å². The molecule has 1 unspecified atom stereocenters. The van der Waals surface area contributed by atoms with Crippen molar-refractivity contribution in [1.82, 2.24) is 15.6 Å². The predicted octanol–water partition coefficient (Wildman–Crippen LogP) is 3.07. The van der Waals surface area contributed by atoms with Crippen LogP contribution in [-0.2, 0) is 19.1 Å². The van der Waals surface area contributed by atoms with Gasteiger partial charge in [-0.1, -0.05) is 17.7 Å². The van der Waals surface area contributed by atoms with E-state index in [0.717, 1.165) is 17.8 Å². The number of esters is 1. The number of unbranched alkanes of at least 4 members (excludes halogenated alkanes) is 1. The molecule has 2 amide bonds. The average molecular weight is 506 g/mol. The van der Waals surface area contributed by atoms with Gasteiger partial charge in [0.15, 0.2) is 0 Å². The first-order chi connectivity index (χ1) is 16.7. The van der Waals surface area contributed by atoms with Crippen molar-refractivity contribution in [3.05, 3.63) is 62.8 Å². The summed E-state index contributed by atoms with van der Waals surface area (Å²) in [5.41, 5.74) is 1.05. The Morgan fingerprint density at radius 1 is 1.17 bits per heavy atom. The van der Waals surface area contributed by atoms with Gasteiger partial charge in [0.05, 0.1) is 31.0 Å². The van der Waals surface area contributed by atoms with Crippen molar-refractivity contribution in [3.63, 3.8) is 0 Å². The second-order valence-electron chi connectivity index (χ2n) is 7.75. The molecule has 11 nitrogen and oxygen atoms in total. The third kappa shape index (κ3) is 9.57. The summed E-state index contributed by atoms with van der Waals surface area (Å²) < 4.78 is 4.65. The molecule has 0 aliphatic heterocycles. The van der Waals surface area contributed by atoms with Gasteiger partial charge in [0.25, 0.3) is 5.69 Å². The highest BCUT2D eigenvalue weighted by atomic mass is 35.5. The summed E-state index contributed by atoms with van der Waals surface area (Å²) in [4.78, 5) is 51.0. The monoisotopic (exact) mass is 505 g/mol. The minimum Gasteiger partial charge on any atom is -0.469 e. The maximum Gasteiger partial charge on any atom is 0.307 e. The summed E-state index contributed by atoms with van der Waals surface area (Å²) in [6.45, 7) is 2.33. The molecule has 12 heteroatoms. The summed E-state index contributed by atoms with van der Waals surface area (Å²) >= 11 is 5.84. The van der Waals surface area contributed by atoms with Gasteiger partial charge in [0.1, 0.15) is 10.8 Å². The van der Waals surface area contributed by atoms with E-state index in [0.29, 0.717) is 18.5 Å². The molecule has 0 aliphatic carbocycles. The Morgan fingerprint density at radius 2 is 1.94 bits per heavy atom. The topological polar surface area (TPSA) is 153 Å². The molecule has 3 N–H and O–H groups in total. The van der Waals surface area contributed by atoms with Crippen LogP contribution < -0.4 is 16.0 Å². The molecule has 2 rings (SSSR count). The number of amides is 2. The predicted molar refractivity (Wildman–Crippen MR) is 130 cm³/mol. The lowest BCUT2D eigenvalue weighted by molar-refractivity contribution is -0.384. The molecule has 1 aromatic carbocycles. The maximum absolute atomic E-state index is 12.4. The number of aryl methyl sites for hydroxylation is 1. The van der Waals surface area contributed by atoms with Crippen LogP contribution in [0.25, 0.3) is 0 Å². The van der Waals surface area contributed by atoms with Crippen molar-refractivity contribution < 1.29 is 24.0 Å². The molecule has 0 fully saturated rings. The molecule has 0 radical (unpaired) electrons. The summed E-state index contributed by atoms with van der Waals surface area (Å²) in [5.74, 6) is -0.692. The van der Waals surface area contributed by atoms with Gasteiger partial charge in [-0.05, 0) is 49.1 Å². The van der Waals surface area contributed by atoms with Crippen LogP contribution in [-0.4, -0.2) is 47.9 Å². The van der Waals surface area contributed by atoms with Crippen LogP contribution >= 0.6 is 11.6 Å². The highest BCUT2D eigenvalue weighted by molar-refractivity contribution is 6.32. The molecule has 188 valence electrons. The zero-order valence-corrected chi connectivity index (χ0v) is 20.3. The van der Waals surface area contributed by atoms with E-state index in [1.165, 1.54) is 25.3 Å². The normalized spacial score (nSPS) is 11.3. The van der Waals surface area contributed by atoms with E-state index in [-0.39, 0.29) is 36.0 Å². The number of rotatable bonds is 13. The van der Waals surface area contributed by atoms with Crippen molar-refractivity contribution in [3.8, 4) is 0 Å². The van der Waals surface area contributed by atoms with Crippen LogP contribution in [0.4, 0.5) is 11.5 Å². The lowest BCUT2D eigenvalue weighted by atomic mass is 10.0. The van der Waals surface area contributed by atoms with E-state index in [1.807, 2.05) is 19.1 Å². The summed E-state index contributed by atoms with van der Waals surface area (Å²) in [6, 6.07) is 6.92. The van der Waals surface area contributed by atoms with E-state index >= 15 is 0 Å². The summed E-state index contributed by atoms with van der Waals surface area (Å²) in [7, 11) is 1.19. The van der Waals surface area contributed by atoms with Gasteiger partial charge in [-0.3, -0.25) is 24.5 Å². The van der Waals surface area contributed by atoms with Gasteiger partial charge in [0, 0.05) is 25.2 Å². The highest BCUT2D eigenvalue weighted by Gasteiger charge is 2.23. The molecule has 0 saturated heterocycles. The van der Waals surface area contributed by atoms with Gasteiger partial charge in [-0.2, -0.15) is 0 Å². The number of carbonyl (C=O) groups excluding carboxylic acids is 3. The van der Waals surface area contributed by atoms with Crippen LogP contribution in [0.5, 0.6) is 0 Å². The molecule has 1 heterocycles. The lowest BCUT2D eigenvalue weighted by Gasteiger charge is -2.18. The number of carbonyl (C=O) groups is 3. The van der Waals surface area contributed by atoms with E-state index in [4.69, 9.17) is 11.6 Å². The zero-order valence-electron chi connectivity index (χ0n) is 19.5. The fourth-order valence-corrected chi connectivity index (χ4v) is 3.35. The van der Waals surface area contributed by atoms with Gasteiger partial charge >= 0.3 is 5.97 Å².